The van der Waals surface area contributed by atoms with Gasteiger partial charge in [-0.05, 0) is 43.7 Å². The highest BCUT2D eigenvalue weighted by Gasteiger charge is 2.23. The first-order chi connectivity index (χ1) is 9.67. The summed E-state index contributed by atoms with van der Waals surface area (Å²) in [6.07, 6.45) is 3.52. The predicted molar refractivity (Wildman–Crippen MR) is 78.0 cm³/mol. The Morgan fingerprint density at radius 1 is 1.25 bits per heavy atom. The van der Waals surface area contributed by atoms with Crippen LogP contribution in [0.25, 0.3) is 10.9 Å². The third-order valence-corrected chi connectivity index (χ3v) is 5.09. The number of rotatable bonds is 3. The molecular weight excluding hydrogens is 274 g/mol. The molecule has 0 radical (unpaired) electrons. The summed E-state index contributed by atoms with van der Waals surface area (Å²) < 4.78 is 27.9. The van der Waals surface area contributed by atoms with Gasteiger partial charge in [0.05, 0.1) is 10.4 Å². The topological polar surface area (TPSA) is 71.1 Å². The molecule has 106 valence electrons. The molecular formula is C14H17N3O2S. The van der Waals surface area contributed by atoms with Crippen molar-refractivity contribution in [3.8, 4) is 0 Å². The molecule has 2 aromatic rings. The van der Waals surface area contributed by atoms with Crippen LogP contribution in [0.3, 0.4) is 0 Å². The Labute approximate surface area is 118 Å². The van der Waals surface area contributed by atoms with Gasteiger partial charge in [0.25, 0.3) is 0 Å². The Bertz CT molecular complexity index is 704. The SMILES string of the molecule is O=S(=O)(NC1CCCNC1)c1cccc2ncccc12. The Balaban J connectivity index is 1.96. The maximum Gasteiger partial charge on any atom is 0.241 e. The van der Waals surface area contributed by atoms with E-state index < -0.39 is 10.0 Å². The van der Waals surface area contributed by atoms with Crippen LogP contribution in [-0.2, 0) is 10.0 Å². The molecule has 5 nitrogen and oxygen atoms in total. The van der Waals surface area contributed by atoms with E-state index in [0.717, 1.165) is 19.4 Å². The highest BCUT2D eigenvalue weighted by molar-refractivity contribution is 7.89. The molecule has 0 saturated carbocycles. The summed E-state index contributed by atoms with van der Waals surface area (Å²) in [6.45, 7) is 1.64. The van der Waals surface area contributed by atoms with Crippen LogP contribution in [-0.4, -0.2) is 32.5 Å². The van der Waals surface area contributed by atoms with Crippen molar-refractivity contribution in [2.75, 3.05) is 13.1 Å². The summed E-state index contributed by atoms with van der Waals surface area (Å²) in [6, 6.07) is 8.67. The van der Waals surface area contributed by atoms with Crippen LogP contribution >= 0.6 is 0 Å². The Kier molecular flexibility index (Phi) is 3.69. The monoisotopic (exact) mass is 291 g/mol. The van der Waals surface area contributed by atoms with E-state index in [4.69, 9.17) is 0 Å². The number of nitrogens with one attached hydrogen (secondary N) is 2. The molecule has 6 heteroatoms. The summed E-state index contributed by atoms with van der Waals surface area (Å²) in [5.41, 5.74) is 0.692. The number of sulfonamides is 1. The zero-order valence-electron chi connectivity index (χ0n) is 11.0. The molecule has 1 aliphatic rings. The number of fused-ring (bicyclic) bond motifs is 1. The lowest BCUT2D eigenvalue weighted by atomic mass is 10.1. The van der Waals surface area contributed by atoms with Crippen molar-refractivity contribution >= 4 is 20.9 Å². The fraction of sp³-hybridized carbons (Fsp3) is 0.357. The van der Waals surface area contributed by atoms with E-state index in [0.29, 0.717) is 22.3 Å². The number of benzene rings is 1. The van der Waals surface area contributed by atoms with Gasteiger partial charge in [0.1, 0.15) is 0 Å². The average molecular weight is 291 g/mol. The second kappa shape index (κ2) is 5.47. The minimum absolute atomic E-state index is 0.0410. The van der Waals surface area contributed by atoms with Gasteiger partial charge in [0, 0.05) is 24.2 Å². The lowest BCUT2D eigenvalue weighted by Gasteiger charge is -2.23. The summed E-state index contributed by atoms with van der Waals surface area (Å²) in [7, 11) is -3.52. The number of pyridine rings is 1. The van der Waals surface area contributed by atoms with E-state index in [1.807, 2.05) is 6.07 Å². The predicted octanol–water partition coefficient (Wildman–Crippen LogP) is 1.27. The minimum Gasteiger partial charge on any atom is -0.315 e. The van der Waals surface area contributed by atoms with E-state index >= 15 is 0 Å². The van der Waals surface area contributed by atoms with Crippen molar-refractivity contribution in [2.24, 2.45) is 0 Å². The zero-order valence-corrected chi connectivity index (χ0v) is 11.9. The lowest BCUT2D eigenvalue weighted by molar-refractivity contribution is 0.429. The highest BCUT2D eigenvalue weighted by atomic mass is 32.2. The van der Waals surface area contributed by atoms with Crippen LogP contribution in [0.5, 0.6) is 0 Å². The molecule has 1 saturated heterocycles. The third-order valence-electron chi connectivity index (χ3n) is 3.51. The van der Waals surface area contributed by atoms with Gasteiger partial charge in [-0.1, -0.05) is 6.07 Å². The van der Waals surface area contributed by atoms with Crippen LogP contribution in [0.1, 0.15) is 12.8 Å². The summed E-state index contributed by atoms with van der Waals surface area (Å²) in [5, 5.41) is 3.87. The van der Waals surface area contributed by atoms with E-state index in [1.165, 1.54) is 0 Å². The Hall–Kier alpha value is -1.50. The van der Waals surface area contributed by atoms with E-state index in [2.05, 4.69) is 15.0 Å². The smallest absolute Gasteiger partial charge is 0.241 e. The molecule has 1 unspecified atom stereocenters. The molecule has 1 aliphatic heterocycles. The van der Waals surface area contributed by atoms with E-state index in [1.54, 1.807) is 30.5 Å². The van der Waals surface area contributed by atoms with Crippen molar-refractivity contribution < 1.29 is 8.42 Å². The number of piperidine rings is 1. The largest absolute Gasteiger partial charge is 0.315 e. The fourth-order valence-corrected chi connectivity index (χ4v) is 4.03. The standard InChI is InChI=1S/C14H17N3O2S/c18-20(19,17-11-4-2-8-15-10-11)14-7-1-6-13-12(14)5-3-9-16-13/h1,3,5-7,9,11,15,17H,2,4,8,10H2. The van der Waals surface area contributed by atoms with Gasteiger partial charge >= 0.3 is 0 Å². The summed E-state index contributed by atoms with van der Waals surface area (Å²) in [4.78, 5) is 4.50. The first kappa shape index (κ1) is 13.5. The molecule has 0 amide bonds. The highest BCUT2D eigenvalue weighted by Crippen LogP contribution is 2.21. The van der Waals surface area contributed by atoms with Crippen molar-refractivity contribution in [3.05, 3.63) is 36.5 Å². The fourth-order valence-electron chi connectivity index (χ4n) is 2.54. The van der Waals surface area contributed by atoms with Gasteiger partial charge in [-0.25, -0.2) is 13.1 Å². The first-order valence-corrected chi connectivity index (χ1v) is 8.22. The van der Waals surface area contributed by atoms with Crippen molar-refractivity contribution in [1.82, 2.24) is 15.0 Å². The molecule has 1 atom stereocenters. The second-order valence-electron chi connectivity index (χ2n) is 4.99. The van der Waals surface area contributed by atoms with E-state index in [9.17, 15) is 8.42 Å². The number of hydrogen-bond donors (Lipinski definition) is 2. The Morgan fingerprint density at radius 3 is 2.95 bits per heavy atom. The molecule has 1 fully saturated rings. The number of hydrogen-bond acceptors (Lipinski definition) is 4. The molecule has 3 rings (SSSR count). The van der Waals surface area contributed by atoms with Gasteiger partial charge in [-0.2, -0.15) is 0 Å². The quantitative estimate of drug-likeness (QED) is 0.893. The van der Waals surface area contributed by atoms with Crippen molar-refractivity contribution in [2.45, 2.75) is 23.8 Å². The summed E-state index contributed by atoms with van der Waals surface area (Å²) >= 11 is 0. The van der Waals surface area contributed by atoms with Gasteiger partial charge in [0.15, 0.2) is 0 Å². The van der Waals surface area contributed by atoms with E-state index in [-0.39, 0.29) is 6.04 Å². The molecule has 2 N–H and O–H groups in total. The zero-order chi connectivity index (χ0) is 14.0. The normalized spacial score (nSPS) is 20.1. The molecule has 0 aliphatic carbocycles. The van der Waals surface area contributed by atoms with Crippen LogP contribution in [0.15, 0.2) is 41.4 Å². The van der Waals surface area contributed by atoms with Crippen LogP contribution in [0.2, 0.25) is 0 Å². The van der Waals surface area contributed by atoms with Crippen molar-refractivity contribution in [3.63, 3.8) is 0 Å². The molecule has 0 spiro atoms. The lowest BCUT2D eigenvalue weighted by Crippen LogP contribution is -2.45. The van der Waals surface area contributed by atoms with Crippen LogP contribution in [0.4, 0.5) is 0 Å². The maximum absolute atomic E-state index is 12.5. The minimum atomic E-state index is -3.52. The van der Waals surface area contributed by atoms with Crippen LogP contribution in [0, 0.1) is 0 Å². The maximum atomic E-state index is 12.5. The van der Waals surface area contributed by atoms with Crippen LogP contribution < -0.4 is 10.0 Å². The molecule has 20 heavy (non-hydrogen) atoms. The number of nitrogens with zero attached hydrogens (tertiary/aromatic N) is 1. The van der Waals surface area contributed by atoms with Crippen molar-refractivity contribution in [1.29, 1.82) is 0 Å². The van der Waals surface area contributed by atoms with Gasteiger partial charge in [0.2, 0.25) is 10.0 Å². The molecule has 1 aromatic carbocycles. The first-order valence-electron chi connectivity index (χ1n) is 6.74. The molecule has 0 bridgehead atoms. The molecule has 1 aromatic heterocycles. The van der Waals surface area contributed by atoms with Gasteiger partial charge in [-0.3, -0.25) is 4.98 Å². The van der Waals surface area contributed by atoms with Gasteiger partial charge in [-0.15, -0.1) is 0 Å². The third kappa shape index (κ3) is 2.67. The number of aromatic nitrogens is 1. The molecule has 2 heterocycles. The Morgan fingerprint density at radius 2 is 2.15 bits per heavy atom. The van der Waals surface area contributed by atoms with Gasteiger partial charge < -0.3 is 5.32 Å². The second-order valence-corrected chi connectivity index (χ2v) is 6.67. The average Bonchev–Trinajstić information content (AvgIpc) is 2.47. The summed E-state index contributed by atoms with van der Waals surface area (Å²) in [5.74, 6) is 0.